The van der Waals surface area contributed by atoms with Gasteiger partial charge in [0.15, 0.2) is 0 Å². The summed E-state index contributed by atoms with van der Waals surface area (Å²) >= 11 is 0. The zero-order valence-corrected chi connectivity index (χ0v) is 13.8. The predicted molar refractivity (Wildman–Crippen MR) is 89.4 cm³/mol. The summed E-state index contributed by atoms with van der Waals surface area (Å²) in [4.78, 5) is 2.34. The van der Waals surface area contributed by atoms with Crippen LogP contribution in [0.4, 0.5) is 0 Å². The van der Waals surface area contributed by atoms with E-state index in [-0.39, 0.29) is 6.10 Å². The third-order valence-corrected chi connectivity index (χ3v) is 3.01. The Kier molecular flexibility index (Phi) is 13.4. The van der Waals surface area contributed by atoms with Gasteiger partial charge >= 0.3 is 0 Å². The average molecular weight is 296 g/mol. The highest BCUT2D eigenvalue weighted by atomic mass is 16.5. The van der Waals surface area contributed by atoms with E-state index >= 15 is 0 Å². The van der Waals surface area contributed by atoms with Crippen LogP contribution in [0.3, 0.4) is 0 Å². The molecule has 1 aromatic carbocycles. The van der Waals surface area contributed by atoms with Gasteiger partial charge in [-0.3, -0.25) is 4.90 Å². The molecule has 0 bridgehead atoms. The molecule has 0 saturated carbocycles. The molecule has 1 aliphatic heterocycles. The van der Waals surface area contributed by atoms with Crippen LogP contribution < -0.4 is 5.73 Å². The molecule has 122 valence electrons. The number of rotatable bonds is 4. The number of nitrogens with two attached hydrogens (primary N) is 1. The van der Waals surface area contributed by atoms with Crippen LogP contribution in [-0.2, 0) is 4.74 Å². The van der Waals surface area contributed by atoms with Crippen LogP contribution in [0.1, 0.15) is 38.9 Å². The predicted octanol–water partition coefficient (Wildman–Crippen LogP) is 2.43. The number of nitrogens with zero attached hydrogens (tertiary/aromatic N) is 1. The van der Waals surface area contributed by atoms with Crippen molar-refractivity contribution >= 4 is 0 Å². The molecule has 0 radical (unpaired) electrons. The van der Waals surface area contributed by atoms with Gasteiger partial charge in [-0.05, 0) is 18.5 Å². The van der Waals surface area contributed by atoms with Gasteiger partial charge in [-0.25, -0.2) is 0 Å². The maximum Gasteiger partial charge on any atom is 0.0802 e. The fraction of sp³-hybridized carbons (Fsp3) is 0.647. The lowest BCUT2D eigenvalue weighted by atomic mass is 10.1. The SMILES string of the molecule is CC.CCN.OC(CCN1CCOCC1)c1ccccc1. The van der Waals surface area contributed by atoms with Crippen molar-refractivity contribution in [2.24, 2.45) is 5.73 Å². The largest absolute Gasteiger partial charge is 0.388 e. The van der Waals surface area contributed by atoms with Gasteiger partial charge in [0.1, 0.15) is 0 Å². The molecule has 21 heavy (non-hydrogen) atoms. The molecule has 3 N–H and O–H groups in total. The molecule has 0 amide bonds. The average Bonchev–Trinajstić information content (AvgIpc) is 2.57. The van der Waals surface area contributed by atoms with E-state index in [2.05, 4.69) is 4.90 Å². The van der Waals surface area contributed by atoms with Crippen molar-refractivity contribution in [3.63, 3.8) is 0 Å². The molecule has 4 nitrogen and oxygen atoms in total. The summed E-state index contributed by atoms with van der Waals surface area (Å²) in [6.07, 6.45) is 0.452. The number of benzene rings is 1. The lowest BCUT2D eigenvalue weighted by Gasteiger charge is -2.27. The van der Waals surface area contributed by atoms with Gasteiger partial charge in [0, 0.05) is 19.6 Å². The van der Waals surface area contributed by atoms with E-state index in [9.17, 15) is 5.11 Å². The number of aliphatic hydroxyl groups excluding tert-OH is 1. The van der Waals surface area contributed by atoms with E-state index in [0.717, 1.165) is 51.4 Å². The van der Waals surface area contributed by atoms with Crippen molar-refractivity contribution in [1.82, 2.24) is 4.90 Å². The first kappa shape index (κ1) is 20.1. The second-order valence-corrected chi connectivity index (χ2v) is 4.58. The summed E-state index contributed by atoms with van der Waals surface area (Å²) in [6.45, 7) is 11.2. The first-order valence-corrected chi connectivity index (χ1v) is 8.01. The Bertz CT molecular complexity index is 314. The van der Waals surface area contributed by atoms with Crippen LogP contribution >= 0.6 is 0 Å². The van der Waals surface area contributed by atoms with E-state index in [0.29, 0.717) is 0 Å². The Morgan fingerprint density at radius 2 is 1.71 bits per heavy atom. The zero-order valence-electron chi connectivity index (χ0n) is 13.8. The summed E-state index contributed by atoms with van der Waals surface area (Å²) in [5.74, 6) is 0. The number of aliphatic hydroxyl groups is 1. The van der Waals surface area contributed by atoms with Crippen LogP contribution in [0.25, 0.3) is 0 Å². The van der Waals surface area contributed by atoms with Crippen LogP contribution in [0.2, 0.25) is 0 Å². The number of ether oxygens (including phenoxy) is 1. The van der Waals surface area contributed by atoms with Crippen LogP contribution in [-0.4, -0.2) is 49.4 Å². The summed E-state index contributed by atoms with van der Waals surface area (Å²) in [7, 11) is 0. The minimum atomic E-state index is -0.343. The minimum absolute atomic E-state index is 0.343. The van der Waals surface area contributed by atoms with Gasteiger partial charge in [0.05, 0.1) is 19.3 Å². The normalized spacial score (nSPS) is 16.0. The van der Waals surface area contributed by atoms with Crippen LogP contribution in [0.15, 0.2) is 30.3 Å². The number of hydrogen-bond acceptors (Lipinski definition) is 4. The second kappa shape index (κ2) is 14.0. The van der Waals surface area contributed by atoms with Gasteiger partial charge in [-0.2, -0.15) is 0 Å². The summed E-state index contributed by atoms with van der Waals surface area (Å²) in [6, 6.07) is 9.85. The Balaban J connectivity index is 0.000000713. The van der Waals surface area contributed by atoms with E-state index in [1.54, 1.807) is 0 Å². The van der Waals surface area contributed by atoms with Crippen molar-refractivity contribution in [1.29, 1.82) is 0 Å². The highest BCUT2D eigenvalue weighted by Gasteiger charge is 2.13. The minimum Gasteiger partial charge on any atom is -0.388 e. The zero-order chi connectivity index (χ0) is 15.9. The molecule has 1 saturated heterocycles. The molecule has 4 heteroatoms. The lowest BCUT2D eigenvalue weighted by Crippen LogP contribution is -2.37. The molecule has 2 rings (SSSR count). The molecular weight excluding hydrogens is 264 g/mol. The number of morpholine rings is 1. The van der Waals surface area contributed by atoms with Crippen LogP contribution in [0.5, 0.6) is 0 Å². The van der Waals surface area contributed by atoms with Gasteiger partial charge in [-0.15, -0.1) is 0 Å². The quantitative estimate of drug-likeness (QED) is 0.896. The molecule has 1 fully saturated rings. The van der Waals surface area contributed by atoms with Gasteiger partial charge in [0.25, 0.3) is 0 Å². The number of hydrogen-bond donors (Lipinski definition) is 2. The standard InChI is InChI=1S/C13H19NO2.C2H7N.C2H6/c15-13(12-4-2-1-3-5-12)6-7-14-8-10-16-11-9-14;1-2-3;1-2/h1-5,13,15H,6-11H2;2-3H2,1H3;1-2H3. The highest BCUT2D eigenvalue weighted by molar-refractivity contribution is 5.17. The first-order chi connectivity index (χ1) is 10.3. The van der Waals surface area contributed by atoms with Crippen LogP contribution in [0, 0.1) is 0 Å². The smallest absolute Gasteiger partial charge is 0.0802 e. The Morgan fingerprint density at radius 3 is 2.24 bits per heavy atom. The molecule has 0 aromatic heterocycles. The molecule has 1 aliphatic rings. The maximum atomic E-state index is 9.99. The highest BCUT2D eigenvalue weighted by Crippen LogP contribution is 2.16. The third-order valence-electron chi connectivity index (χ3n) is 3.01. The fourth-order valence-electron chi connectivity index (χ4n) is 1.97. The first-order valence-electron chi connectivity index (χ1n) is 8.01. The molecule has 0 spiro atoms. The van der Waals surface area contributed by atoms with Crippen molar-refractivity contribution in [3.8, 4) is 0 Å². The van der Waals surface area contributed by atoms with Gasteiger partial charge < -0.3 is 15.6 Å². The third kappa shape index (κ3) is 9.58. The van der Waals surface area contributed by atoms with E-state index in [1.807, 2.05) is 51.1 Å². The lowest BCUT2D eigenvalue weighted by molar-refractivity contribution is 0.0300. The van der Waals surface area contributed by atoms with Gasteiger partial charge in [-0.1, -0.05) is 51.1 Å². The summed E-state index contributed by atoms with van der Waals surface area (Å²) < 4.78 is 5.29. The van der Waals surface area contributed by atoms with E-state index < -0.39 is 0 Å². The topological polar surface area (TPSA) is 58.7 Å². The maximum absolute atomic E-state index is 9.99. The van der Waals surface area contributed by atoms with Crippen molar-refractivity contribution in [2.45, 2.75) is 33.3 Å². The molecule has 1 unspecified atom stereocenters. The fourth-order valence-corrected chi connectivity index (χ4v) is 1.97. The summed E-state index contributed by atoms with van der Waals surface area (Å²) in [5, 5.41) is 9.99. The molecule has 1 aromatic rings. The summed E-state index contributed by atoms with van der Waals surface area (Å²) in [5.41, 5.74) is 5.86. The monoisotopic (exact) mass is 296 g/mol. The second-order valence-electron chi connectivity index (χ2n) is 4.58. The molecule has 0 aliphatic carbocycles. The van der Waals surface area contributed by atoms with Gasteiger partial charge in [0.2, 0.25) is 0 Å². The van der Waals surface area contributed by atoms with Crippen molar-refractivity contribution in [2.75, 3.05) is 39.4 Å². The Morgan fingerprint density at radius 1 is 1.19 bits per heavy atom. The van der Waals surface area contributed by atoms with E-state index in [1.165, 1.54) is 0 Å². The Labute approximate surface area is 129 Å². The van der Waals surface area contributed by atoms with E-state index in [4.69, 9.17) is 10.5 Å². The molecular formula is C17H32N2O2. The van der Waals surface area contributed by atoms with Crippen molar-refractivity contribution in [3.05, 3.63) is 35.9 Å². The van der Waals surface area contributed by atoms with Crippen molar-refractivity contribution < 1.29 is 9.84 Å². The molecule has 1 atom stereocenters. The Hall–Kier alpha value is -0.940. The molecule has 1 heterocycles.